The Hall–Kier alpha value is -4.56. The summed E-state index contributed by atoms with van der Waals surface area (Å²) in [5.41, 5.74) is 2.92. The summed E-state index contributed by atoms with van der Waals surface area (Å²) < 4.78 is 17.2. The number of hydrogen-bond acceptors (Lipinski definition) is 5. The molecule has 5 aromatic rings. The van der Waals surface area contributed by atoms with Crippen molar-refractivity contribution in [3.05, 3.63) is 100 Å². The molecule has 0 bridgehead atoms. The molecule has 2 heterocycles. The summed E-state index contributed by atoms with van der Waals surface area (Å²) in [7, 11) is 0. The molecule has 33 heavy (non-hydrogen) atoms. The molecule has 5 heteroatoms. The first-order valence-corrected chi connectivity index (χ1v) is 10.3. The van der Waals surface area contributed by atoms with Crippen LogP contribution in [0.3, 0.4) is 0 Å². The van der Waals surface area contributed by atoms with Crippen LogP contribution >= 0.6 is 0 Å². The maximum Gasteiger partial charge on any atom is 0.336 e. The van der Waals surface area contributed by atoms with Gasteiger partial charge < -0.3 is 13.6 Å². The lowest BCUT2D eigenvalue weighted by atomic mass is 9.96. The molecule has 0 saturated heterocycles. The number of benzene rings is 3. The van der Waals surface area contributed by atoms with Gasteiger partial charge in [-0.2, -0.15) is 0 Å². The summed E-state index contributed by atoms with van der Waals surface area (Å²) >= 11 is 0. The fraction of sp³-hybridized carbons (Fsp3) is 0.0714. The van der Waals surface area contributed by atoms with E-state index in [0.717, 1.165) is 16.5 Å². The normalized spacial score (nSPS) is 10.9. The first-order valence-electron chi connectivity index (χ1n) is 10.3. The van der Waals surface area contributed by atoms with Crippen molar-refractivity contribution in [3.8, 4) is 29.2 Å². The van der Waals surface area contributed by atoms with Crippen molar-refractivity contribution in [1.29, 1.82) is 0 Å². The molecule has 0 radical (unpaired) electrons. The molecule has 160 valence electrons. The second kappa shape index (κ2) is 8.18. The predicted octanol–water partition coefficient (Wildman–Crippen LogP) is 5.76. The maximum atomic E-state index is 13.6. The average molecular weight is 434 g/mol. The van der Waals surface area contributed by atoms with Crippen LogP contribution < -0.4 is 10.4 Å². The van der Waals surface area contributed by atoms with E-state index in [9.17, 15) is 9.59 Å². The van der Waals surface area contributed by atoms with Gasteiger partial charge in [-0.15, -0.1) is 6.42 Å². The number of ketones is 1. The Morgan fingerprint density at radius 1 is 1.00 bits per heavy atom. The van der Waals surface area contributed by atoms with Gasteiger partial charge in [0.05, 0.1) is 5.39 Å². The summed E-state index contributed by atoms with van der Waals surface area (Å²) in [6.45, 7) is 1.95. The number of carbonyl (C=O) groups excluding carboxylic acids is 1. The molecule has 5 rings (SSSR count). The van der Waals surface area contributed by atoms with Crippen LogP contribution in [0.5, 0.6) is 5.75 Å². The van der Waals surface area contributed by atoms with Gasteiger partial charge in [0.15, 0.2) is 5.76 Å². The third kappa shape index (κ3) is 3.58. The van der Waals surface area contributed by atoms with Crippen LogP contribution in [0.25, 0.3) is 33.1 Å². The number of ether oxygens (including phenoxy) is 1. The molecule has 0 unspecified atom stereocenters. The predicted molar refractivity (Wildman–Crippen MR) is 127 cm³/mol. The number of aryl methyl sites for hydroxylation is 1. The van der Waals surface area contributed by atoms with Gasteiger partial charge in [-0.25, -0.2) is 4.79 Å². The molecular formula is C28H18O5. The van der Waals surface area contributed by atoms with Crippen molar-refractivity contribution >= 4 is 27.7 Å². The number of carbonyl (C=O) groups is 1. The summed E-state index contributed by atoms with van der Waals surface area (Å²) in [6, 6.07) is 21.3. The zero-order valence-electron chi connectivity index (χ0n) is 17.8. The highest BCUT2D eigenvalue weighted by atomic mass is 16.5. The van der Waals surface area contributed by atoms with Crippen LogP contribution in [0.2, 0.25) is 0 Å². The highest BCUT2D eigenvalue weighted by Crippen LogP contribution is 2.40. The van der Waals surface area contributed by atoms with Gasteiger partial charge in [-0.05, 0) is 42.3 Å². The van der Waals surface area contributed by atoms with E-state index < -0.39 is 5.63 Å². The van der Waals surface area contributed by atoms with Crippen molar-refractivity contribution in [2.45, 2.75) is 6.92 Å². The van der Waals surface area contributed by atoms with Gasteiger partial charge >= 0.3 is 5.63 Å². The third-order valence-corrected chi connectivity index (χ3v) is 5.46. The zero-order chi connectivity index (χ0) is 22.9. The summed E-state index contributed by atoms with van der Waals surface area (Å²) in [4.78, 5) is 25.8. The summed E-state index contributed by atoms with van der Waals surface area (Å²) in [6.07, 6.45) is 5.27. The van der Waals surface area contributed by atoms with Gasteiger partial charge in [0.1, 0.15) is 23.5 Å². The molecule has 0 atom stereocenters. The van der Waals surface area contributed by atoms with E-state index in [1.165, 1.54) is 6.07 Å². The number of terminal acetylenes is 1. The Bertz CT molecular complexity index is 1610. The van der Waals surface area contributed by atoms with Crippen molar-refractivity contribution in [2.24, 2.45) is 0 Å². The lowest BCUT2D eigenvalue weighted by molar-refractivity contribution is 0.101. The Morgan fingerprint density at radius 2 is 1.82 bits per heavy atom. The molecule has 0 aliphatic carbocycles. The molecule has 0 N–H and O–H groups in total. The molecule has 5 nitrogen and oxygen atoms in total. The number of hydrogen-bond donors (Lipinski definition) is 0. The zero-order valence-corrected chi connectivity index (χ0v) is 17.8. The molecule has 0 aliphatic rings. The van der Waals surface area contributed by atoms with Crippen LogP contribution in [-0.4, -0.2) is 12.4 Å². The smallest absolute Gasteiger partial charge is 0.336 e. The van der Waals surface area contributed by atoms with Crippen molar-refractivity contribution in [1.82, 2.24) is 0 Å². The van der Waals surface area contributed by atoms with Gasteiger partial charge in [0.25, 0.3) is 0 Å². The Morgan fingerprint density at radius 3 is 2.61 bits per heavy atom. The fourth-order valence-electron chi connectivity index (χ4n) is 3.99. The van der Waals surface area contributed by atoms with Crippen molar-refractivity contribution in [2.75, 3.05) is 6.61 Å². The molecule has 0 aliphatic heterocycles. The van der Waals surface area contributed by atoms with Crippen LogP contribution in [0.15, 0.2) is 86.4 Å². The SMILES string of the molecule is C#CCOc1cccc(C(=O)c2oc3ccc4c(C)cc(=O)oc4c3c2-c2ccccc2)c1. The van der Waals surface area contributed by atoms with Crippen molar-refractivity contribution < 1.29 is 18.4 Å². The summed E-state index contributed by atoms with van der Waals surface area (Å²) in [5.74, 6) is 2.73. The molecule has 0 saturated carbocycles. The minimum absolute atomic E-state index is 0.0991. The van der Waals surface area contributed by atoms with E-state index in [-0.39, 0.29) is 18.2 Å². The standard InChI is InChI=1S/C28H18O5/c1-3-14-31-20-11-7-10-19(16-20)26(30)28-24(18-8-5-4-6-9-18)25-22(32-28)13-12-21-17(2)15-23(29)33-27(21)25/h1,4-13,15-16H,14H2,2H3. The number of furan rings is 1. The number of rotatable bonds is 5. The molecule has 2 aromatic heterocycles. The molecule has 0 fully saturated rings. The van der Waals surface area contributed by atoms with E-state index >= 15 is 0 Å². The van der Waals surface area contributed by atoms with E-state index in [1.54, 1.807) is 30.3 Å². The first-order chi connectivity index (χ1) is 16.1. The third-order valence-electron chi connectivity index (χ3n) is 5.46. The highest BCUT2D eigenvalue weighted by Gasteiger charge is 2.26. The van der Waals surface area contributed by atoms with E-state index in [2.05, 4.69) is 5.92 Å². The van der Waals surface area contributed by atoms with Gasteiger partial charge in [0, 0.05) is 22.6 Å². The molecule has 0 amide bonds. The highest BCUT2D eigenvalue weighted by molar-refractivity contribution is 6.20. The fourth-order valence-corrected chi connectivity index (χ4v) is 3.99. The van der Waals surface area contributed by atoms with Crippen LogP contribution in [0, 0.1) is 19.3 Å². The quantitative estimate of drug-likeness (QED) is 0.200. The van der Waals surface area contributed by atoms with E-state index in [4.69, 9.17) is 20.0 Å². The monoisotopic (exact) mass is 434 g/mol. The minimum atomic E-state index is -0.459. The van der Waals surface area contributed by atoms with Crippen LogP contribution in [-0.2, 0) is 0 Å². The Balaban J connectivity index is 1.80. The molecule has 0 spiro atoms. The lowest BCUT2D eigenvalue weighted by Gasteiger charge is -2.07. The van der Waals surface area contributed by atoms with E-state index in [0.29, 0.717) is 33.4 Å². The van der Waals surface area contributed by atoms with Gasteiger partial charge in [0.2, 0.25) is 5.78 Å². The first kappa shape index (κ1) is 20.3. The second-order valence-electron chi connectivity index (χ2n) is 7.59. The van der Waals surface area contributed by atoms with Crippen LogP contribution in [0.4, 0.5) is 0 Å². The Kier molecular flexibility index (Phi) is 5.04. The number of fused-ring (bicyclic) bond motifs is 3. The molecule has 3 aromatic carbocycles. The minimum Gasteiger partial charge on any atom is -0.481 e. The second-order valence-corrected chi connectivity index (χ2v) is 7.59. The average Bonchev–Trinajstić information content (AvgIpc) is 3.23. The van der Waals surface area contributed by atoms with Gasteiger partial charge in [-0.1, -0.05) is 48.4 Å². The van der Waals surface area contributed by atoms with Gasteiger partial charge in [-0.3, -0.25) is 4.79 Å². The van der Waals surface area contributed by atoms with Crippen LogP contribution in [0.1, 0.15) is 21.7 Å². The molecular weight excluding hydrogens is 416 g/mol. The Labute approximate surface area is 189 Å². The topological polar surface area (TPSA) is 69.7 Å². The summed E-state index contributed by atoms with van der Waals surface area (Å²) in [5, 5.41) is 1.37. The lowest BCUT2D eigenvalue weighted by Crippen LogP contribution is -2.03. The largest absolute Gasteiger partial charge is 0.481 e. The van der Waals surface area contributed by atoms with Crippen molar-refractivity contribution in [3.63, 3.8) is 0 Å². The maximum absolute atomic E-state index is 13.6. The van der Waals surface area contributed by atoms with E-state index in [1.807, 2.05) is 43.3 Å².